The van der Waals surface area contributed by atoms with E-state index in [0.717, 1.165) is 16.9 Å². The third-order valence-corrected chi connectivity index (χ3v) is 5.43. The summed E-state index contributed by atoms with van der Waals surface area (Å²) < 4.78 is 26.8. The topological polar surface area (TPSA) is 72.2 Å². The number of hydrogen-bond donors (Lipinski definition) is 2. The average Bonchev–Trinajstić information content (AvgIpc) is 2.81. The lowest BCUT2D eigenvalue weighted by atomic mass is 10.3. The molecule has 0 atom stereocenters. The largest absolute Gasteiger partial charge is 0.326 e. The summed E-state index contributed by atoms with van der Waals surface area (Å²) in [6.45, 7) is 0.318. The Morgan fingerprint density at radius 3 is 2.67 bits per heavy atom. The van der Waals surface area contributed by atoms with Gasteiger partial charge in [0.1, 0.15) is 4.21 Å². The molecule has 0 saturated heterocycles. The number of para-hydroxylation sites is 1. The van der Waals surface area contributed by atoms with Crippen molar-refractivity contribution < 1.29 is 8.42 Å². The van der Waals surface area contributed by atoms with Gasteiger partial charge in [0.25, 0.3) is 10.0 Å². The number of rotatable bonds is 4. The van der Waals surface area contributed by atoms with Crippen LogP contribution in [0.3, 0.4) is 0 Å². The molecule has 7 heteroatoms. The molecule has 0 spiro atoms. The summed E-state index contributed by atoms with van der Waals surface area (Å²) in [4.78, 5) is 0. The molecule has 0 aliphatic heterocycles. The van der Waals surface area contributed by atoms with Gasteiger partial charge in [-0.3, -0.25) is 4.72 Å². The molecule has 0 unspecified atom stereocenters. The Balaban J connectivity index is 2.30. The van der Waals surface area contributed by atoms with Crippen LogP contribution in [0.4, 0.5) is 5.69 Å². The first-order chi connectivity index (χ1) is 8.53. The van der Waals surface area contributed by atoms with Crippen molar-refractivity contribution in [2.45, 2.75) is 10.8 Å². The molecule has 0 aliphatic carbocycles. The number of nitrogens with two attached hydrogens (primary N) is 1. The average molecular weight is 303 g/mol. The Morgan fingerprint density at radius 2 is 2.06 bits per heavy atom. The highest BCUT2D eigenvalue weighted by atomic mass is 35.5. The maximum Gasteiger partial charge on any atom is 0.271 e. The third kappa shape index (κ3) is 2.84. The molecule has 18 heavy (non-hydrogen) atoms. The smallest absolute Gasteiger partial charge is 0.271 e. The lowest BCUT2D eigenvalue weighted by Gasteiger charge is -2.07. The lowest BCUT2D eigenvalue weighted by Crippen LogP contribution is -2.11. The predicted octanol–water partition coefficient (Wildman–Crippen LogP) is 2.66. The highest BCUT2D eigenvalue weighted by Crippen LogP contribution is 2.26. The molecule has 0 bridgehead atoms. The molecule has 0 saturated carbocycles. The Labute approximate surface area is 114 Å². The fourth-order valence-electron chi connectivity index (χ4n) is 1.34. The molecule has 1 heterocycles. The van der Waals surface area contributed by atoms with Crippen LogP contribution < -0.4 is 10.5 Å². The second-order valence-electron chi connectivity index (χ2n) is 3.56. The van der Waals surface area contributed by atoms with E-state index in [1.54, 1.807) is 35.7 Å². The van der Waals surface area contributed by atoms with Crippen LogP contribution in [0.5, 0.6) is 0 Å². The van der Waals surface area contributed by atoms with Crippen molar-refractivity contribution in [3.05, 3.63) is 46.3 Å². The first-order valence-electron chi connectivity index (χ1n) is 5.08. The van der Waals surface area contributed by atoms with Crippen LogP contribution in [0.2, 0.25) is 5.02 Å². The number of nitrogens with one attached hydrogen (secondary N) is 1. The summed E-state index contributed by atoms with van der Waals surface area (Å²) in [5.41, 5.74) is 6.61. The zero-order valence-corrected chi connectivity index (χ0v) is 11.6. The number of anilines is 1. The van der Waals surface area contributed by atoms with Crippen molar-refractivity contribution in [1.29, 1.82) is 0 Å². The van der Waals surface area contributed by atoms with Gasteiger partial charge in [0.05, 0.1) is 10.7 Å². The maximum atomic E-state index is 12.1. The van der Waals surface area contributed by atoms with Gasteiger partial charge in [-0.1, -0.05) is 23.7 Å². The van der Waals surface area contributed by atoms with E-state index >= 15 is 0 Å². The molecule has 0 amide bonds. The van der Waals surface area contributed by atoms with E-state index in [-0.39, 0.29) is 4.21 Å². The molecular formula is C11H11ClN2O2S2. The van der Waals surface area contributed by atoms with Crippen LogP contribution in [-0.4, -0.2) is 8.42 Å². The van der Waals surface area contributed by atoms with Crippen molar-refractivity contribution in [3.63, 3.8) is 0 Å². The number of hydrogen-bond acceptors (Lipinski definition) is 4. The van der Waals surface area contributed by atoms with Crippen molar-refractivity contribution in [2.24, 2.45) is 5.73 Å². The summed E-state index contributed by atoms with van der Waals surface area (Å²) in [5.74, 6) is 0. The Kier molecular flexibility index (Phi) is 3.91. The zero-order chi connectivity index (χ0) is 13.2. The number of halogens is 1. The molecule has 2 rings (SSSR count). The molecule has 2 aromatic rings. The second-order valence-corrected chi connectivity index (χ2v) is 6.79. The zero-order valence-electron chi connectivity index (χ0n) is 9.26. The van der Waals surface area contributed by atoms with E-state index in [1.165, 1.54) is 0 Å². The first-order valence-corrected chi connectivity index (χ1v) is 7.82. The molecular weight excluding hydrogens is 292 g/mol. The summed E-state index contributed by atoms with van der Waals surface area (Å²) in [6.07, 6.45) is 0. The van der Waals surface area contributed by atoms with Crippen molar-refractivity contribution >= 4 is 38.6 Å². The normalized spacial score (nSPS) is 11.4. The van der Waals surface area contributed by atoms with Gasteiger partial charge in [0, 0.05) is 6.54 Å². The van der Waals surface area contributed by atoms with Gasteiger partial charge in [0.2, 0.25) is 0 Å². The Hall–Kier alpha value is -1.08. The van der Waals surface area contributed by atoms with Gasteiger partial charge in [-0.25, -0.2) is 8.42 Å². The quantitative estimate of drug-likeness (QED) is 0.912. The van der Waals surface area contributed by atoms with Crippen molar-refractivity contribution in [1.82, 2.24) is 0 Å². The maximum absolute atomic E-state index is 12.1. The molecule has 0 fully saturated rings. The first kappa shape index (κ1) is 13.4. The molecule has 96 valence electrons. The highest BCUT2D eigenvalue weighted by molar-refractivity contribution is 7.94. The third-order valence-electron chi connectivity index (χ3n) is 2.25. The molecule has 0 aliphatic rings. The molecule has 3 N–H and O–H groups in total. The van der Waals surface area contributed by atoms with Crippen LogP contribution in [0.1, 0.15) is 5.56 Å². The lowest BCUT2D eigenvalue weighted by molar-refractivity contribution is 0.603. The van der Waals surface area contributed by atoms with Crippen LogP contribution in [-0.2, 0) is 16.6 Å². The monoisotopic (exact) mass is 302 g/mol. The van der Waals surface area contributed by atoms with Gasteiger partial charge in [-0.2, -0.15) is 0 Å². The predicted molar refractivity (Wildman–Crippen MR) is 74.5 cm³/mol. The molecule has 1 aromatic carbocycles. The van der Waals surface area contributed by atoms with Gasteiger partial charge < -0.3 is 5.73 Å². The Morgan fingerprint density at radius 1 is 1.33 bits per heavy atom. The minimum Gasteiger partial charge on any atom is -0.326 e. The van der Waals surface area contributed by atoms with E-state index in [2.05, 4.69) is 4.72 Å². The Bertz CT molecular complexity index is 653. The summed E-state index contributed by atoms with van der Waals surface area (Å²) >= 11 is 7.04. The van der Waals surface area contributed by atoms with Crippen LogP contribution in [0.15, 0.2) is 39.9 Å². The summed E-state index contributed by atoms with van der Waals surface area (Å²) in [6, 6.07) is 8.24. The molecule has 4 nitrogen and oxygen atoms in total. The van der Waals surface area contributed by atoms with E-state index in [0.29, 0.717) is 17.3 Å². The van der Waals surface area contributed by atoms with Gasteiger partial charge in [-0.05, 0) is 29.1 Å². The van der Waals surface area contributed by atoms with Gasteiger partial charge in [0.15, 0.2) is 0 Å². The standard InChI is InChI=1S/C11H11ClN2O2S2/c12-9-3-1-2-4-10(9)14-18(15,16)11-5-8(6-13)7-17-11/h1-5,7,14H,6,13H2. The van der Waals surface area contributed by atoms with Gasteiger partial charge >= 0.3 is 0 Å². The molecule has 0 radical (unpaired) electrons. The SMILES string of the molecule is NCc1csc(S(=O)(=O)Nc2ccccc2Cl)c1. The van der Waals surface area contributed by atoms with E-state index in [1.807, 2.05) is 0 Å². The van der Waals surface area contributed by atoms with Crippen LogP contribution >= 0.6 is 22.9 Å². The number of sulfonamides is 1. The summed E-state index contributed by atoms with van der Waals surface area (Å²) in [5, 5.41) is 2.08. The minimum absolute atomic E-state index is 0.225. The van der Waals surface area contributed by atoms with Gasteiger partial charge in [-0.15, -0.1) is 11.3 Å². The second kappa shape index (κ2) is 5.27. The van der Waals surface area contributed by atoms with E-state index < -0.39 is 10.0 Å². The van der Waals surface area contributed by atoms with Crippen molar-refractivity contribution in [2.75, 3.05) is 4.72 Å². The minimum atomic E-state index is -3.60. The summed E-state index contributed by atoms with van der Waals surface area (Å²) in [7, 11) is -3.60. The van der Waals surface area contributed by atoms with Crippen molar-refractivity contribution in [3.8, 4) is 0 Å². The van der Waals surface area contributed by atoms with Crippen LogP contribution in [0.25, 0.3) is 0 Å². The van der Waals surface area contributed by atoms with E-state index in [9.17, 15) is 8.42 Å². The number of benzene rings is 1. The number of thiophene rings is 1. The highest BCUT2D eigenvalue weighted by Gasteiger charge is 2.17. The van der Waals surface area contributed by atoms with Crippen LogP contribution in [0, 0.1) is 0 Å². The fraction of sp³-hybridized carbons (Fsp3) is 0.0909. The van der Waals surface area contributed by atoms with E-state index in [4.69, 9.17) is 17.3 Å². The molecule has 1 aromatic heterocycles. The fourth-order valence-corrected chi connectivity index (χ4v) is 3.88.